The second-order valence-corrected chi connectivity index (χ2v) is 10.7. The molecule has 170 valence electrons. The Morgan fingerprint density at radius 2 is 1.87 bits per heavy atom. The van der Waals surface area contributed by atoms with E-state index in [9.17, 15) is 14.7 Å². The van der Waals surface area contributed by atoms with Crippen molar-refractivity contribution in [2.75, 3.05) is 39.3 Å². The lowest BCUT2D eigenvalue weighted by molar-refractivity contribution is -0.169. The predicted octanol–water partition coefficient (Wildman–Crippen LogP) is 2.55. The number of β-amino-alcohol motifs (C(OH)–C–C–N with tert-alkyl or cyclic N) is 1. The minimum absolute atomic E-state index is 0.0764. The first-order chi connectivity index (χ1) is 14.4. The summed E-state index contributed by atoms with van der Waals surface area (Å²) in [7, 11) is 0. The Kier molecular flexibility index (Phi) is 6.73. The maximum atomic E-state index is 13.3. The van der Waals surface area contributed by atoms with Gasteiger partial charge in [-0.2, -0.15) is 0 Å². The van der Waals surface area contributed by atoms with E-state index in [0.29, 0.717) is 45.1 Å². The van der Waals surface area contributed by atoms with Crippen molar-refractivity contribution in [2.45, 2.75) is 83.2 Å². The number of hydrogen-bond donors (Lipinski definition) is 2. The summed E-state index contributed by atoms with van der Waals surface area (Å²) >= 11 is 0. The third-order valence-electron chi connectivity index (χ3n) is 8.62. The van der Waals surface area contributed by atoms with Crippen LogP contribution in [0.1, 0.15) is 77.6 Å². The Bertz CT molecular complexity index is 627. The lowest BCUT2D eigenvalue weighted by atomic mass is 9.65. The highest BCUT2D eigenvalue weighted by molar-refractivity contribution is 5.79. The van der Waals surface area contributed by atoms with Gasteiger partial charge in [0.05, 0.1) is 18.7 Å². The fraction of sp³-hybridized carbons (Fsp3) is 0.917. The van der Waals surface area contributed by atoms with Gasteiger partial charge >= 0.3 is 0 Å². The molecule has 2 saturated carbocycles. The number of carbonyl (C=O) groups excluding carboxylic acids is 2. The maximum Gasteiger partial charge on any atom is 0.236 e. The molecule has 4 rings (SSSR count). The Labute approximate surface area is 181 Å². The van der Waals surface area contributed by atoms with Crippen molar-refractivity contribution in [1.29, 1.82) is 0 Å². The molecule has 0 aromatic rings. The van der Waals surface area contributed by atoms with Crippen LogP contribution in [-0.2, 0) is 9.59 Å². The van der Waals surface area contributed by atoms with Crippen LogP contribution < -0.4 is 5.32 Å². The molecule has 2 heterocycles. The van der Waals surface area contributed by atoms with Gasteiger partial charge in [-0.15, -0.1) is 0 Å². The molecule has 1 spiro atoms. The van der Waals surface area contributed by atoms with Crippen LogP contribution in [0.2, 0.25) is 0 Å². The third kappa shape index (κ3) is 4.40. The smallest absolute Gasteiger partial charge is 0.236 e. The molecule has 2 saturated heterocycles. The minimum Gasteiger partial charge on any atom is -0.387 e. The van der Waals surface area contributed by atoms with Crippen molar-refractivity contribution < 1.29 is 14.7 Å². The first kappa shape index (κ1) is 22.1. The van der Waals surface area contributed by atoms with E-state index in [-0.39, 0.29) is 23.1 Å². The van der Waals surface area contributed by atoms with Crippen molar-refractivity contribution >= 4 is 11.8 Å². The van der Waals surface area contributed by atoms with Gasteiger partial charge < -0.3 is 20.2 Å². The zero-order valence-corrected chi connectivity index (χ0v) is 18.8. The van der Waals surface area contributed by atoms with Gasteiger partial charge in [0, 0.05) is 37.5 Å². The van der Waals surface area contributed by atoms with E-state index >= 15 is 0 Å². The molecule has 6 nitrogen and oxygen atoms in total. The molecule has 0 bridgehead atoms. The van der Waals surface area contributed by atoms with E-state index in [1.165, 1.54) is 32.1 Å². The first-order valence-electron chi connectivity index (χ1n) is 12.4. The number of amides is 2. The van der Waals surface area contributed by atoms with Crippen LogP contribution in [0.15, 0.2) is 0 Å². The van der Waals surface area contributed by atoms with E-state index in [1.54, 1.807) is 0 Å². The summed E-state index contributed by atoms with van der Waals surface area (Å²) in [6.07, 6.45) is 12.3. The summed E-state index contributed by atoms with van der Waals surface area (Å²) in [5.41, 5.74) is -1.13. The molecule has 0 radical (unpaired) electrons. The van der Waals surface area contributed by atoms with Crippen LogP contribution in [0.3, 0.4) is 0 Å². The van der Waals surface area contributed by atoms with Crippen molar-refractivity contribution in [3.63, 3.8) is 0 Å². The lowest BCUT2D eigenvalue weighted by Crippen LogP contribution is -2.66. The van der Waals surface area contributed by atoms with Gasteiger partial charge in [-0.05, 0) is 31.6 Å². The van der Waals surface area contributed by atoms with E-state index in [1.807, 2.05) is 4.90 Å². The number of piperazine rings is 1. The minimum atomic E-state index is -0.875. The number of piperidine rings is 1. The van der Waals surface area contributed by atoms with E-state index < -0.39 is 5.60 Å². The van der Waals surface area contributed by atoms with E-state index in [0.717, 1.165) is 38.6 Å². The number of likely N-dealkylation sites (tertiary alicyclic amines) is 1. The molecule has 2 amide bonds. The molecular weight excluding hydrogens is 378 g/mol. The zero-order chi connectivity index (χ0) is 21.2. The molecule has 0 aromatic heterocycles. The summed E-state index contributed by atoms with van der Waals surface area (Å²) in [5, 5.41) is 15.0. The van der Waals surface area contributed by atoms with Crippen LogP contribution in [-0.4, -0.2) is 71.6 Å². The molecule has 4 aliphatic rings. The molecule has 2 aliphatic carbocycles. The van der Waals surface area contributed by atoms with E-state index in [2.05, 4.69) is 17.1 Å². The molecule has 6 heteroatoms. The van der Waals surface area contributed by atoms with Gasteiger partial charge in [-0.1, -0.05) is 51.9 Å². The summed E-state index contributed by atoms with van der Waals surface area (Å²) < 4.78 is 0. The molecule has 0 aromatic carbocycles. The van der Waals surface area contributed by atoms with Crippen LogP contribution in [0.5, 0.6) is 0 Å². The summed E-state index contributed by atoms with van der Waals surface area (Å²) in [5.74, 6) is 1.15. The first-order valence-corrected chi connectivity index (χ1v) is 12.4. The molecule has 30 heavy (non-hydrogen) atoms. The fourth-order valence-electron chi connectivity index (χ4n) is 6.75. The van der Waals surface area contributed by atoms with Gasteiger partial charge in [0.1, 0.15) is 0 Å². The van der Waals surface area contributed by atoms with Gasteiger partial charge in [0.2, 0.25) is 11.8 Å². The lowest BCUT2D eigenvalue weighted by Gasteiger charge is -2.54. The maximum absolute atomic E-state index is 13.3. The van der Waals surface area contributed by atoms with Crippen LogP contribution >= 0.6 is 0 Å². The average Bonchev–Trinajstić information content (AvgIpc) is 3.22. The van der Waals surface area contributed by atoms with Crippen molar-refractivity contribution in [3.8, 4) is 0 Å². The van der Waals surface area contributed by atoms with Gasteiger partial charge in [0.25, 0.3) is 0 Å². The standard InChI is InChI=1S/C24H41N3O3/c1-19(15-20-7-3-2-4-8-20)22(29)27-13-11-24(30,23(17-27)9-5-6-10-23)18-26-14-12-25-16-21(26)28/h19-20,25,30H,2-18H2,1H3. The number of aliphatic hydroxyl groups is 1. The summed E-state index contributed by atoms with van der Waals surface area (Å²) in [6.45, 7) is 5.64. The highest BCUT2D eigenvalue weighted by atomic mass is 16.3. The number of nitrogens with zero attached hydrogens (tertiary/aromatic N) is 2. The zero-order valence-electron chi connectivity index (χ0n) is 18.8. The molecule has 2 aliphatic heterocycles. The number of nitrogens with one attached hydrogen (secondary N) is 1. The quantitative estimate of drug-likeness (QED) is 0.718. The Hall–Kier alpha value is -1.14. The normalized spacial score (nSPS) is 31.3. The predicted molar refractivity (Wildman–Crippen MR) is 117 cm³/mol. The highest BCUT2D eigenvalue weighted by Crippen LogP contribution is 2.51. The Balaban J connectivity index is 1.42. The van der Waals surface area contributed by atoms with Crippen molar-refractivity contribution in [3.05, 3.63) is 0 Å². The Morgan fingerprint density at radius 1 is 1.13 bits per heavy atom. The Morgan fingerprint density at radius 3 is 2.57 bits per heavy atom. The van der Waals surface area contributed by atoms with Crippen LogP contribution in [0, 0.1) is 17.3 Å². The summed E-state index contributed by atoms with van der Waals surface area (Å²) in [4.78, 5) is 29.6. The molecule has 2 atom stereocenters. The van der Waals surface area contributed by atoms with E-state index in [4.69, 9.17) is 0 Å². The number of hydrogen-bond acceptors (Lipinski definition) is 4. The monoisotopic (exact) mass is 419 g/mol. The van der Waals surface area contributed by atoms with Crippen molar-refractivity contribution in [1.82, 2.24) is 15.1 Å². The largest absolute Gasteiger partial charge is 0.387 e. The van der Waals surface area contributed by atoms with Gasteiger partial charge in [-0.25, -0.2) is 0 Å². The number of rotatable bonds is 5. The van der Waals surface area contributed by atoms with Crippen molar-refractivity contribution in [2.24, 2.45) is 17.3 Å². The molecular formula is C24H41N3O3. The SMILES string of the molecule is CC(CC1CCCCC1)C(=O)N1CCC(O)(CN2CCNCC2=O)C2(CCCC2)C1. The average molecular weight is 420 g/mol. The summed E-state index contributed by atoms with van der Waals surface area (Å²) in [6, 6.07) is 0. The van der Waals surface area contributed by atoms with Gasteiger partial charge in [-0.3, -0.25) is 9.59 Å². The molecule has 2 unspecified atom stereocenters. The van der Waals surface area contributed by atoms with Crippen LogP contribution in [0.4, 0.5) is 0 Å². The topological polar surface area (TPSA) is 72.9 Å². The molecule has 4 fully saturated rings. The fourth-order valence-corrected chi connectivity index (χ4v) is 6.75. The second-order valence-electron chi connectivity index (χ2n) is 10.7. The number of carbonyl (C=O) groups is 2. The third-order valence-corrected chi connectivity index (χ3v) is 8.62. The highest BCUT2D eigenvalue weighted by Gasteiger charge is 2.56. The van der Waals surface area contributed by atoms with Gasteiger partial charge in [0.15, 0.2) is 0 Å². The second kappa shape index (κ2) is 9.15. The molecule has 2 N–H and O–H groups in total. The van der Waals surface area contributed by atoms with Crippen LogP contribution in [0.25, 0.3) is 0 Å².